The van der Waals surface area contributed by atoms with Crippen LogP contribution in [-0.4, -0.2) is 99.3 Å². The average molecular weight is 554 g/mol. The van der Waals surface area contributed by atoms with Crippen LogP contribution in [-0.2, 0) is 19.1 Å². The van der Waals surface area contributed by atoms with Gasteiger partial charge < -0.3 is 19.3 Å². The highest BCUT2D eigenvalue weighted by Crippen LogP contribution is 2.10. The number of likely N-dealkylation sites (N-methyl/N-ethyl adjacent to an activating group) is 1. The van der Waals surface area contributed by atoms with Crippen LogP contribution in [0.3, 0.4) is 0 Å². The van der Waals surface area contributed by atoms with E-state index in [0.717, 1.165) is 71.4 Å². The lowest BCUT2D eigenvalue weighted by molar-refractivity contribution is -0.144. The number of carbonyl (C=O) groups is 2. The first-order valence-electron chi connectivity index (χ1n) is 16.5. The van der Waals surface area contributed by atoms with Gasteiger partial charge in [-0.2, -0.15) is 0 Å². The maximum Gasteiger partial charge on any atom is 0.305 e. The zero-order valence-corrected chi connectivity index (χ0v) is 26.1. The quantitative estimate of drug-likeness (QED) is 0.0921. The Morgan fingerprint density at radius 3 is 1.49 bits per heavy atom. The minimum absolute atomic E-state index is 0.0814. The number of rotatable bonds is 26. The molecule has 0 aliphatic carbocycles. The lowest BCUT2D eigenvalue weighted by Gasteiger charge is -2.33. The number of nitrogens with zero attached hydrogens (tertiary/aromatic N) is 3. The number of ether oxygens (including phenoxy) is 2. The van der Waals surface area contributed by atoms with Gasteiger partial charge in [0, 0.05) is 52.1 Å². The van der Waals surface area contributed by atoms with E-state index in [0.29, 0.717) is 39.1 Å². The molecule has 1 rings (SSSR count). The van der Waals surface area contributed by atoms with Gasteiger partial charge in [-0.25, -0.2) is 0 Å². The molecule has 0 bridgehead atoms. The highest BCUT2D eigenvalue weighted by atomic mass is 16.5. The third kappa shape index (κ3) is 22.2. The third-order valence-corrected chi connectivity index (χ3v) is 7.85. The normalized spacial score (nSPS) is 14.7. The Balaban J connectivity index is 2.25. The molecule has 1 aliphatic rings. The van der Waals surface area contributed by atoms with E-state index in [9.17, 15) is 9.59 Å². The number of hydrogen-bond acceptors (Lipinski definition) is 7. The molecule has 1 heterocycles. The van der Waals surface area contributed by atoms with Crippen LogP contribution >= 0.6 is 0 Å². The number of carbonyl (C=O) groups excluding carboxylic acids is 2. The van der Waals surface area contributed by atoms with Gasteiger partial charge in [-0.1, -0.05) is 90.9 Å². The molecular formula is C32H63N3O4. The smallest absolute Gasteiger partial charge is 0.305 e. The molecule has 0 aromatic heterocycles. The standard InChI is InChI=1S/C32H63N3O4/c1-4-6-8-10-12-14-16-19-31(36)38-29-27-35(22-18-21-34-25-23-33(3)24-26-34)28-30-39-32(37)20-17-15-13-11-9-7-5-2/h4-30H2,1-3H3. The Morgan fingerprint density at radius 1 is 0.590 bits per heavy atom. The van der Waals surface area contributed by atoms with E-state index >= 15 is 0 Å². The monoisotopic (exact) mass is 553 g/mol. The molecule has 1 fully saturated rings. The van der Waals surface area contributed by atoms with Crippen LogP contribution in [0.5, 0.6) is 0 Å². The summed E-state index contributed by atoms with van der Waals surface area (Å²) >= 11 is 0. The maximum atomic E-state index is 12.2. The highest BCUT2D eigenvalue weighted by Gasteiger charge is 2.14. The predicted octanol–water partition coefficient (Wildman–Crippen LogP) is 6.29. The van der Waals surface area contributed by atoms with Gasteiger partial charge in [0.1, 0.15) is 13.2 Å². The Labute approximate surface area is 241 Å². The lowest BCUT2D eigenvalue weighted by atomic mass is 10.1. The SMILES string of the molecule is CCCCCCCCCC(=O)OCCN(CCCN1CCN(C)CC1)CCOC(=O)CCCCCCCCC. The average Bonchev–Trinajstić information content (AvgIpc) is 2.93. The molecule has 0 saturated carbocycles. The van der Waals surface area contributed by atoms with Crippen molar-refractivity contribution in [3.8, 4) is 0 Å². The van der Waals surface area contributed by atoms with E-state index in [1.54, 1.807) is 0 Å². The number of hydrogen-bond donors (Lipinski definition) is 0. The second kappa shape index (κ2) is 25.8. The van der Waals surface area contributed by atoms with Gasteiger partial charge in [0.05, 0.1) is 0 Å². The molecule has 7 heteroatoms. The summed E-state index contributed by atoms with van der Waals surface area (Å²) in [6, 6.07) is 0. The Morgan fingerprint density at radius 2 is 1.03 bits per heavy atom. The van der Waals surface area contributed by atoms with Crippen molar-refractivity contribution < 1.29 is 19.1 Å². The Bertz CT molecular complexity index is 546. The highest BCUT2D eigenvalue weighted by molar-refractivity contribution is 5.69. The maximum absolute atomic E-state index is 12.2. The summed E-state index contributed by atoms with van der Waals surface area (Å²) in [4.78, 5) is 31.6. The molecule has 39 heavy (non-hydrogen) atoms. The molecule has 230 valence electrons. The van der Waals surface area contributed by atoms with Gasteiger partial charge in [0.15, 0.2) is 0 Å². The Hall–Kier alpha value is -1.18. The van der Waals surface area contributed by atoms with Gasteiger partial charge in [0.25, 0.3) is 0 Å². The van der Waals surface area contributed by atoms with Gasteiger partial charge in [-0.3, -0.25) is 14.5 Å². The summed E-state index contributed by atoms with van der Waals surface area (Å²) in [5.74, 6) is -0.163. The van der Waals surface area contributed by atoms with Crippen molar-refractivity contribution >= 4 is 11.9 Å². The molecule has 0 aromatic carbocycles. The van der Waals surface area contributed by atoms with E-state index < -0.39 is 0 Å². The van der Waals surface area contributed by atoms with Crippen molar-refractivity contribution in [2.24, 2.45) is 0 Å². The van der Waals surface area contributed by atoms with Crippen molar-refractivity contribution in [1.82, 2.24) is 14.7 Å². The largest absolute Gasteiger partial charge is 0.464 e. The van der Waals surface area contributed by atoms with Crippen LogP contribution in [0.1, 0.15) is 123 Å². The molecular weight excluding hydrogens is 490 g/mol. The first-order chi connectivity index (χ1) is 19.0. The first kappa shape index (κ1) is 35.8. The fourth-order valence-electron chi connectivity index (χ4n) is 5.10. The fourth-order valence-corrected chi connectivity index (χ4v) is 5.10. The zero-order valence-electron chi connectivity index (χ0n) is 26.1. The van der Waals surface area contributed by atoms with Crippen molar-refractivity contribution in [2.45, 2.75) is 123 Å². The van der Waals surface area contributed by atoms with E-state index in [2.05, 4.69) is 35.6 Å². The first-order valence-corrected chi connectivity index (χ1v) is 16.5. The van der Waals surface area contributed by atoms with Crippen LogP contribution in [0.4, 0.5) is 0 Å². The van der Waals surface area contributed by atoms with Crippen molar-refractivity contribution in [3.05, 3.63) is 0 Å². The molecule has 0 spiro atoms. The van der Waals surface area contributed by atoms with Crippen LogP contribution in [0.25, 0.3) is 0 Å². The third-order valence-electron chi connectivity index (χ3n) is 7.85. The molecule has 0 amide bonds. The van der Waals surface area contributed by atoms with Gasteiger partial charge in [-0.05, 0) is 39.4 Å². The van der Waals surface area contributed by atoms with E-state index in [1.165, 1.54) is 64.2 Å². The lowest BCUT2D eigenvalue weighted by Crippen LogP contribution is -2.45. The van der Waals surface area contributed by atoms with Gasteiger partial charge in [-0.15, -0.1) is 0 Å². The van der Waals surface area contributed by atoms with Crippen LogP contribution < -0.4 is 0 Å². The molecule has 0 radical (unpaired) electrons. The molecule has 0 aromatic rings. The van der Waals surface area contributed by atoms with Crippen LogP contribution in [0.2, 0.25) is 0 Å². The van der Waals surface area contributed by atoms with E-state index in [-0.39, 0.29) is 11.9 Å². The molecule has 0 N–H and O–H groups in total. The van der Waals surface area contributed by atoms with Gasteiger partial charge >= 0.3 is 11.9 Å². The summed E-state index contributed by atoms with van der Waals surface area (Å²) in [5.41, 5.74) is 0. The summed E-state index contributed by atoms with van der Waals surface area (Å²) in [5, 5.41) is 0. The van der Waals surface area contributed by atoms with Crippen molar-refractivity contribution in [1.29, 1.82) is 0 Å². The second-order valence-electron chi connectivity index (χ2n) is 11.5. The zero-order chi connectivity index (χ0) is 28.4. The van der Waals surface area contributed by atoms with Crippen LogP contribution in [0, 0.1) is 0 Å². The summed E-state index contributed by atoms with van der Waals surface area (Å²) in [6.07, 6.45) is 18.9. The number of esters is 2. The summed E-state index contributed by atoms with van der Waals surface area (Å²) < 4.78 is 11.1. The molecule has 7 nitrogen and oxygen atoms in total. The number of unbranched alkanes of at least 4 members (excludes halogenated alkanes) is 12. The van der Waals surface area contributed by atoms with Crippen molar-refractivity contribution in [2.75, 3.05) is 72.6 Å². The molecule has 0 unspecified atom stereocenters. The molecule has 1 aliphatic heterocycles. The summed E-state index contributed by atoms with van der Waals surface area (Å²) in [6.45, 7) is 13.2. The Kier molecular flexibility index (Phi) is 23.7. The summed E-state index contributed by atoms with van der Waals surface area (Å²) in [7, 11) is 2.18. The minimum Gasteiger partial charge on any atom is -0.464 e. The predicted molar refractivity (Wildman–Crippen MR) is 162 cm³/mol. The fraction of sp³-hybridized carbons (Fsp3) is 0.938. The van der Waals surface area contributed by atoms with Gasteiger partial charge in [0.2, 0.25) is 0 Å². The van der Waals surface area contributed by atoms with E-state index in [1.807, 2.05) is 0 Å². The van der Waals surface area contributed by atoms with Crippen molar-refractivity contribution in [3.63, 3.8) is 0 Å². The second-order valence-corrected chi connectivity index (χ2v) is 11.5. The number of piperazine rings is 1. The molecule has 0 atom stereocenters. The van der Waals surface area contributed by atoms with Crippen LogP contribution in [0.15, 0.2) is 0 Å². The van der Waals surface area contributed by atoms with E-state index in [4.69, 9.17) is 9.47 Å². The minimum atomic E-state index is -0.0814. The topological polar surface area (TPSA) is 62.3 Å². The molecule has 1 saturated heterocycles.